The summed E-state index contributed by atoms with van der Waals surface area (Å²) in [5.41, 5.74) is 0.919. The Bertz CT molecular complexity index is 835. The highest BCUT2D eigenvalue weighted by molar-refractivity contribution is 9.10. The highest BCUT2D eigenvalue weighted by atomic mass is 79.9. The van der Waals surface area contributed by atoms with Crippen LogP contribution in [-0.4, -0.2) is 34.1 Å². The third-order valence-corrected chi connectivity index (χ3v) is 6.82. The quantitative estimate of drug-likeness (QED) is 0.651. The minimum atomic E-state index is 0.0963. The summed E-state index contributed by atoms with van der Waals surface area (Å²) in [5, 5.41) is 0.708. The van der Waals surface area contributed by atoms with Crippen molar-refractivity contribution in [1.29, 1.82) is 0 Å². The lowest BCUT2D eigenvalue weighted by Gasteiger charge is -2.28. The van der Waals surface area contributed by atoms with Gasteiger partial charge in [0.2, 0.25) is 0 Å². The lowest BCUT2D eigenvalue weighted by Crippen LogP contribution is -2.30. The van der Waals surface area contributed by atoms with E-state index in [1.54, 1.807) is 0 Å². The predicted octanol–water partition coefficient (Wildman–Crippen LogP) is 5.18. The number of aromatic nitrogens is 2. The van der Waals surface area contributed by atoms with Gasteiger partial charge in [-0.25, -0.2) is 4.98 Å². The van der Waals surface area contributed by atoms with Crippen LogP contribution >= 0.6 is 15.9 Å². The van der Waals surface area contributed by atoms with Crippen molar-refractivity contribution in [2.24, 2.45) is 5.92 Å². The summed E-state index contributed by atoms with van der Waals surface area (Å²) in [4.78, 5) is 20.7. The Labute approximate surface area is 171 Å². The molecule has 0 aliphatic carbocycles. The fourth-order valence-electron chi connectivity index (χ4n) is 4.50. The zero-order chi connectivity index (χ0) is 19.6. The van der Waals surface area contributed by atoms with Crippen LogP contribution in [0.3, 0.4) is 0 Å². The molecule has 0 amide bonds. The minimum absolute atomic E-state index is 0.0963. The van der Waals surface area contributed by atoms with Crippen LogP contribution in [0.1, 0.15) is 64.6 Å². The van der Waals surface area contributed by atoms with Crippen LogP contribution in [0.2, 0.25) is 0 Å². The van der Waals surface area contributed by atoms with Crippen molar-refractivity contribution in [3.05, 3.63) is 38.9 Å². The third-order valence-electron chi connectivity index (χ3n) is 6.32. The minimum Gasteiger partial charge on any atom is -0.304 e. The molecule has 1 aliphatic rings. The number of fused-ring (bicyclic) bond motifs is 1. The Morgan fingerprint density at radius 3 is 2.74 bits per heavy atom. The Kier molecular flexibility index (Phi) is 6.74. The first kappa shape index (κ1) is 20.5. The number of hydrogen-bond donors (Lipinski definition) is 0. The van der Waals surface area contributed by atoms with Gasteiger partial charge in [-0.05, 0) is 77.2 Å². The largest absolute Gasteiger partial charge is 0.304 e. The summed E-state index contributed by atoms with van der Waals surface area (Å²) < 4.78 is 2.85. The first-order valence-corrected chi connectivity index (χ1v) is 11.2. The van der Waals surface area contributed by atoms with Gasteiger partial charge in [-0.2, -0.15) is 0 Å². The van der Waals surface area contributed by atoms with E-state index in [2.05, 4.69) is 48.6 Å². The van der Waals surface area contributed by atoms with E-state index in [0.29, 0.717) is 29.8 Å². The van der Waals surface area contributed by atoms with E-state index in [4.69, 9.17) is 4.98 Å². The van der Waals surface area contributed by atoms with E-state index < -0.39 is 0 Å². The van der Waals surface area contributed by atoms with E-state index >= 15 is 0 Å². The van der Waals surface area contributed by atoms with Gasteiger partial charge in [-0.3, -0.25) is 9.36 Å². The van der Waals surface area contributed by atoms with Gasteiger partial charge in [0.15, 0.2) is 0 Å². The summed E-state index contributed by atoms with van der Waals surface area (Å²) in [6, 6.07) is 6.48. The molecule has 4 nitrogen and oxygen atoms in total. The number of likely N-dealkylation sites (tertiary alicyclic amines) is 1. The molecule has 0 saturated carbocycles. The molecular formula is C22H32BrN3O. The second-order valence-electron chi connectivity index (χ2n) is 8.03. The van der Waals surface area contributed by atoms with Crippen molar-refractivity contribution < 1.29 is 0 Å². The summed E-state index contributed by atoms with van der Waals surface area (Å²) >= 11 is 3.49. The maximum atomic E-state index is 13.2. The van der Waals surface area contributed by atoms with Crippen LogP contribution in [0.15, 0.2) is 27.5 Å². The summed E-state index contributed by atoms with van der Waals surface area (Å²) in [5.74, 6) is 1.95. The van der Waals surface area contributed by atoms with Crippen LogP contribution < -0.4 is 5.56 Å². The van der Waals surface area contributed by atoms with Crippen LogP contribution in [-0.2, 0) is 6.54 Å². The smallest absolute Gasteiger partial charge is 0.261 e. The molecule has 148 valence electrons. The van der Waals surface area contributed by atoms with Crippen molar-refractivity contribution in [3.63, 3.8) is 0 Å². The van der Waals surface area contributed by atoms with Gasteiger partial charge < -0.3 is 4.90 Å². The van der Waals surface area contributed by atoms with Crippen molar-refractivity contribution in [2.45, 2.75) is 71.4 Å². The molecule has 1 saturated heterocycles. The highest BCUT2D eigenvalue weighted by Crippen LogP contribution is 2.36. The molecular weight excluding hydrogens is 402 g/mol. The molecule has 5 heteroatoms. The second kappa shape index (κ2) is 8.87. The van der Waals surface area contributed by atoms with Crippen LogP contribution in [0, 0.1) is 5.92 Å². The number of rotatable bonds is 5. The zero-order valence-electron chi connectivity index (χ0n) is 17.0. The van der Waals surface area contributed by atoms with E-state index in [9.17, 15) is 4.79 Å². The number of halogens is 1. The summed E-state index contributed by atoms with van der Waals surface area (Å²) in [6.45, 7) is 8.43. The molecule has 2 heterocycles. The average molecular weight is 434 g/mol. The highest BCUT2D eigenvalue weighted by Gasteiger charge is 2.30. The van der Waals surface area contributed by atoms with Crippen molar-refractivity contribution in [1.82, 2.24) is 14.5 Å². The first-order valence-electron chi connectivity index (χ1n) is 10.4. The lowest BCUT2D eigenvalue weighted by atomic mass is 9.82. The van der Waals surface area contributed by atoms with Gasteiger partial charge in [0.1, 0.15) is 5.82 Å². The Morgan fingerprint density at radius 2 is 2.04 bits per heavy atom. The average Bonchev–Trinajstić information content (AvgIpc) is 2.82. The molecule has 0 radical (unpaired) electrons. The van der Waals surface area contributed by atoms with Crippen LogP contribution in [0.5, 0.6) is 0 Å². The molecule has 1 aliphatic heterocycles. The van der Waals surface area contributed by atoms with Gasteiger partial charge in [0, 0.05) is 23.0 Å². The number of benzene rings is 1. The normalized spacial score (nSPS) is 22.7. The predicted molar refractivity (Wildman–Crippen MR) is 116 cm³/mol. The molecule has 0 N–H and O–H groups in total. The van der Waals surface area contributed by atoms with E-state index in [1.165, 1.54) is 19.3 Å². The Hall–Kier alpha value is -1.20. The standard InChI is InChI=1S/C22H32BrN3O/c1-5-7-18(16-9-8-15(3)25(4)13-12-16)21-24-20-11-10-17(23)14-19(20)22(27)26(21)6-2/h10-11,14-16,18H,5-9,12-13H2,1-4H3/t15-,16+,18+/m1/s1. The molecule has 1 aromatic heterocycles. The van der Waals surface area contributed by atoms with E-state index in [0.717, 1.165) is 35.2 Å². The topological polar surface area (TPSA) is 38.1 Å². The fourth-order valence-corrected chi connectivity index (χ4v) is 4.86. The molecule has 2 aromatic rings. The molecule has 27 heavy (non-hydrogen) atoms. The molecule has 1 fully saturated rings. The number of hydrogen-bond acceptors (Lipinski definition) is 3. The van der Waals surface area contributed by atoms with Crippen LogP contribution in [0.25, 0.3) is 10.9 Å². The molecule has 3 atom stereocenters. The Morgan fingerprint density at radius 1 is 1.26 bits per heavy atom. The van der Waals surface area contributed by atoms with Gasteiger partial charge in [0.25, 0.3) is 5.56 Å². The molecule has 3 rings (SSSR count). The van der Waals surface area contributed by atoms with Gasteiger partial charge >= 0.3 is 0 Å². The summed E-state index contributed by atoms with van der Waals surface area (Å²) in [6.07, 6.45) is 5.83. The zero-order valence-corrected chi connectivity index (χ0v) is 18.6. The van der Waals surface area contributed by atoms with Crippen molar-refractivity contribution in [2.75, 3.05) is 13.6 Å². The van der Waals surface area contributed by atoms with E-state index in [-0.39, 0.29) is 5.56 Å². The van der Waals surface area contributed by atoms with Gasteiger partial charge in [-0.15, -0.1) is 0 Å². The van der Waals surface area contributed by atoms with Crippen LogP contribution in [0.4, 0.5) is 0 Å². The van der Waals surface area contributed by atoms with Crippen molar-refractivity contribution in [3.8, 4) is 0 Å². The van der Waals surface area contributed by atoms with E-state index in [1.807, 2.05) is 22.8 Å². The fraction of sp³-hybridized carbons (Fsp3) is 0.636. The monoisotopic (exact) mass is 433 g/mol. The second-order valence-corrected chi connectivity index (χ2v) is 8.95. The molecule has 0 spiro atoms. The number of nitrogens with zero attached hydrogens (tertiary/aromatic N) is 3. The Balaban J connectivity index is 2.08. The maximum absolute atomic E-state index is 13.2. The summed E-state index contributed by atoms with van der Waals surface area (Å²) in [7, 11) is 2.23. The van der Waals surface area contributed by atoms with Crippen molar-refractivity contribution >= 4 is 26.8 Å². The SMILES string of the molecule is CCC[C@H](c1nc2ccc(Br)cc2c(=O)n1CC)[C@H]1CC[C@@H](C)N(C)CC1. The first-order chi connectivity index (χ1) is 13.0. The van der Waals surface area contributed by atoms with Gasteiger partial charge in [0.05, 0.1) is 10.9 Å². The van der Waals surface area contributed by atoms with Gasteiger partial charge in [-0.1, -0.05) is 29.3 Å². The third kappa shape index (κ3) is 4.29. The molecule has 1 aromatic carbocycles. The molecule has 0 unspecified atom stereocenters. The lowest BCUT2D eigenvalue weighted by molar-refractivity contribution is 0.261. The maximum Gasteiger partial charge on any atom is 0.261 e. The molecule has 0 bridgehead atoms.